The van der Waals surface area contributed by atoms with Gasteiger partial charge in [0, 0.05) is 6.61 Å². The van der Waals surface area contributed by atoms with Gasteiger partial charge in [-0.3, -0.25) is 0 Å². The van der Waals surface area contributed by atoms with E-state index in [1.807, 2.05) is 0 Å². The molecule has 0 radical (unpaired) electrons. The fourth-order valence-electron chi connectivity index (χ4n) is 5.15. The lowest BCUT2D eigenvalue weighted by molar-refractivity contribution is 0.125. The molecule has 0 spiro atoms. The van der Waals surface area contributed by atoms with Gasteiger partial charge < -0.3 is 5.11 Å². The summed E-state index contributed by atoms with van der Waals surface area (Å²) in [5.74, 6) is 3.88. The standard InChI is InChI=1S/C23H37ClO/c1-6-20(21-10-8-7-9-15(21)2)17(4)18(5)22-13-16(3)19(11-12-25)14-23(22)24/h8,10,14-15,17-18,20-23,25H,3,6-7,9,11-13H2,1-2,4-5H3/t15?,17?,18?,20?,21?,22?,23-/m1/s1. The average molecular weight is 365 g/mol. The predicted octanol–water partition coefficient (Wildman–Crippen LogP) is 6.38. The van der Waals surface area contributed by atoms with Crippen molar-refractivity contribution in [2.24, 2.45) is 35.5 Å². The molecule has 0 bridgehead atoms. The number of aliphatic hydroxyl groups is 1. The Morgan fingerprint density at radius 1 is 1.36 bits per heavy atom. The molecule has 0 saturated carbocycles. The number of alkyl halides is 1. The molecule has 0 heterocycles. The molecule has 2 aliphatic carbocycles. The molecule has 25 heavy (non-hydrogen) atoms. The van der Waals surface area contributed by atoms with Crippen LogP contribution in [0.25, 0.3) is 0 Å². The summed E-state index contributed by atoms with van der Waals surface area (Å²) in [5.41, 5.74) is 2.34. The fraction of sp³-hybridized carbons (Fsp3) is 0.739. The van der Waals surface area contributed by atoms with E-state index in [-0.39, 0.29) is 12.0 Å². The molecule has 0 amide bonds. The van der Waals surface area contributed by atoms with Crippen molar-refractivity contribution in [2.45, 2.75) is 65.2 Å². The normalized spacial score (nSPS) is 33.7. The summed E-state index contributed by atoms with van der Waals surface area (Å²) in [5, 5.41) is 9.28. The maximum atomic E-state index is 9.23. The summed E-state index contributed by atoms with van der Waals surface area (Å²) >= 11 is 6.77. The highest BCUT2D eigenvalue weighted by Crippen LogP contribution is 2.45. The molecule has 2 rings (SSSR count). The Bertz CT molecular complexity index is 506. The lowest BCUT2D eigenvalue weighted by atomic mass is 9.64. The number of hydrogen-bond acceptors (Lipinski definition) is 1. The topological polar surface area (TPSA) is 20.2 Å². The van der Waals surface area contributed by atoms with Crippen molar-refractivity contribution in [1.82, 2.24) is 0 Å². The van der Waals surface area contributed by atoms with E-state index in [2.05, 4.69) is 52.5 Å². The molecule has 1 nitrogen and oxygen atoms in total. The van der Waals surface area contributed by atoms with Crippen molar-refractivity contribution >= 4 is 11.6 Å². The molecule has 0 aromatic carbocycles. The van der Waals surface area contributed by atoms with Crippen LogP contribution in [0.2, 0.25) is 0 Å². The highest BCUT2D eigenvalue weighted by molar-refractivity contribution is 6.22. The molecule has 2 heteroatoms. The van der Waals surface area contributed by atoms with E-state index >= 15 is 0 Å². The van der Waals surface area contributed by atoms with Gasteiger partial charge in [0.1, 0.15) is 0 Å². The summed E-state index contributed by atoms with van der Waals surface area (Å²) in [6, 6.07) is 0. The predicted molar refractivity (Wildman–Crippen MR) is 110 cm³/mol. The largest absolute Gasteiger partial charge is 0.396 e. The van der Waals surface area contributed by atoms with Gasteiger partial charge in [-0.1, -0.05) is 64.5 Å². The van der Waals surface area contributed by atoms with Crippen LogP contribution in [-0.2, 0) is 0 Å². The van der Waals surface area contributed by atoms with Crippen molar-refractivity contribution in [3.63, 3.8) is 0 Å². The monoisotopic (exact) mass is 364 g/mol. The fourth-order valence-corrected chi connectivity index (χ4v) is 5.62. The molecule has 0 saturated heterocycles. The summed E-state index contributed by atoms with van der Waals surface area (Å²) in [4.78, 5) is 0. The van der Waals surface area contributed by atoms with Crippen LogP contribution in [0.1, 0.15) is 59.8 Å². The average Bonchev–Trinajstić information content (AvgIpc) is 2.59. The van der Waals surface area contributed by atoms with Gasteiger partial charge in [0.2, 0.25) is 0 Å². The Balaban J connectivity index is 2.12. The molecule has 1 N–H and O–H groups in total. The second kappa shape index (κ2) is 9.42. The minimum atomic E-state index is 0.0568. The maximum Gasteiger partial charge on any atom is 0.0555 e. The lowest BCUT2D eigenvalue weighted by Crippen LogP contribution is -2.36. The summed E-state index contributed by atoms with van der Waals surface area (Å²) in [6.45, 7) is 14.0. The van der Waals surface area contributed by atoms with Gasteiger partial charge in [-0.2, -0.15) is 0 Å². The molecule has 0 aromatic rings. The van der Waals surface area contributed by atoms with Gasteiger partial charge in [0.05, 0.1) is 5.38 Å². The van der Waals surface area contributed by atoms with Crippen molar-refractivity contribution in [3.8, 4) is 0 Å². The van der Waals surface area contributed by atoms with Gasteiger partial charge >= 0.3 is 0 Å². The van der Waals surface area contributed by atoms with Crippen LogP contribution >= 0.6 is 11.6 Å². The number of rotatable bonds is 7. The smallest absolute Gasteiger partial charge is 0.0555 e. The van der Waals surface area contributed by atoms with Crippen molar-refractivity contribution in [3.05, 3.63) is 36.0 Å². The number of allylic oxidation sites excluding steroid dienone is 4. The third-order valence-corrected chi connectivity index (χ3v) is 7.49. The molecule has 2 aliphatic rings. The molecule has 0 aliphatic heterocycles. The van der Waals surface area contributed by atoms with Gasteiger partial charge in [-0.15, -0.1) is 11.6 Å². The zero-order valence-corrected chi connectivity index (χ0v) is 17.3. The van der Waals surface area contributed by atoms with E-state index in [4.69, 9.17) is 11.6 Å². The molecular weight excluding hydrogens is 328 g/mol. The molecular formula is C23H37ClO. The van der Waals surface area contributed by atoms with Gasteiger partial charge in [0.25, 0.3) is 0 Å². The zero-order valence-electron chi connectivity index (χ0n) is 16.5. The number of aliphatic hydroxyl groups excluding tert-OH is 1. The van der Waals surface area contributed by atoms with E-state index in [9.17, 15) is 5.11 Å². The summed E-state index contributed by atoms with van der Waals surface area (Å²) < 4.78 is 0. The SMILES string of the molecule is C=C1CC(C(C)C(C)C(CC)C2C=CCCC2C)[C@H](Cl)C=C1CCO. The minimum Gasteiger partial charge on any atom is -0.396 e. The van der Waals surface area contributed by atoms with Crippen molar-refractivity contribution in [2.75, 3.05) is 6.61 Å². The van der Waals surface area contributed by atoms with Crippen LogP contribution < -0.4 is 0 Å². The molecule has 0 aromatic heterocycles. The van der Waals surface area contributed by atoms with Gasteiger partial charge in [-0.25, -0.2) is 0 Å². The Hall–Kier alpha value is -0.530. The van der Waals surface area contributed by atoms with Crippen LogP contribution in [0, 0.1) is 35.5 Å². The highest BCUT2D eigenvalue weighted by Gasteiger charge is 2.37. The quantitative estimate of drug-likeness (QED) is 0.410. The Morgan fingerprint density at radius 2 is 2.08 bits per heavy atom. The molecule has 142 valence electrons. The van der Waals surface area contributed by atoms with Crippen molar-refractivity contribution in [1.29, 1.82) is 0 Å². The minimum absolute atomic E-state index is 0.0568. The lowest BCUT2D eigenvalue weighted by Gasteiger charge is -2.42. The summed E-state index contributed by atoms with van der Waals surface area (Å²) in [6.07, 6.45) is 12.5. The third kappa shape index (κ3) is 4.80. The van der Waals surface area contributed by atoms with E-state index in [0.717, 1.165) is 23.8 Å². The molecule has 7 atom stereocenters. The third-order valence-electron chi connectivity index (χ3n) is 7.04. The maximum absolute atomic E-state index is 9.23. The zero-order chi connectivity index (χ0) is 18.6. The Kier molecular flexibility index (Phi) is 7.83. The molecule has 6 unspecified atom stereocenters. The first kappa shape index (κ1) is 20.8. The van der Waals surface area contributed by atoms with Crippen LogP contribution in [0.4, 0.5) is 0 Å². The van der Waals surface area contributed by atoms with E-state index < -0.39 is 0 Å². The second-order valence-corrected chi connectivity index (χ2v) is 8.94. The van der Waals surface area contributed by atoms with Crippen LogP contribution in [-0.4, -0.2) is 17.1 Å². The number of halogens is 1. The Labute approximate surface area is 160 Å². The van der Waals surface area contributed by atoms with E-state index in [1.54, 1.807) is 0 Å². The van der Waals surface area contributed by atoms with Gasteiger partial charge in [0.15, 0.2) is 0 Å². The summed E-state index contributed by atoms with van der Waals surface area (Å²) in [7, 11) is 0. The first-order chi connectivity index (χ1) is 11.9. The first-order valence-corrected chi connectivity index (χ1v) is 10.6. The second-order valence-electron chi connectivity index (χ2n) is 8.43. The van der Waals surface area contributed by atoms with E-state index in [1.165, 1.54) is 24.8 Å². The van der Waals surface area contributed by atoms with Crippen molar-refractivity contribution < 1.29 is 5.11 Å². The van der Waals surface area contributed by atoms with Gasteiger partial charge in [-0.05, 0) is 66.8 Å². The van der Waals surface area contributed by atoms with Crippen LogP contribution in [0.15, 0.2) is 36.0 Å². The molecule has 0 fully saturated rings. The number of hydrogen-bond donors (Lipinski definition) is 1. The highest BCUT2D eigenvalue weighted by atomic mass is 35.5. The van der Waals surface area contributed by atoms with E-state index in [0.29, 0.717) is 30.1 Å². The van der Waals surface area contributed by atoms with Crippen LogP contribution in [0.3, 0.4) is 0 Å². The first-order valence-electron chi connectivity index (χ1n) is 10.2. The van der Waals surface area contributed by atoms with Crippen LogP contribution in [0.5, 0.6) is 0 Å². The Morgan fingerprint density at radius 3 is 2.68 bits per heavy atom.